The fourth-order valence-corrected chi connectivity index (χ4v) is 6.28. The van der Waals surface area contributed by atoms with E-state index in [0.717, 1.165) is 23.4 Å². The van der Waals surface area contributed by atoms with Crippen molar-refractivity contribution in [2.45, 2.75) is 50.2 Å². The Labute approximate surface area is 141 Å². The Morgan fingerprint density at radius 2 is 1.87 bits per heavy atom. The summed E-state index contributed by atoms with van der Waals surface area (Å²) in [6, 6.07) is 0. The van der Waals surface area contributed by atoms with Crippen LogP contribution >= 0.6 is 11.3 Å². The van der Waals surface area contributed by atoms with E-state index in [1.54, 1.807) is 11.3 Å². The third-order valence-electron chi connectivity index (χ3n) is 5.20. The summed E-state index contributed by atoms with van der Waals surface area (Å²) >= 11 is 1.62. The zero-order valence-corrected chi connectivity index (χ0v) is 15.3. The minimum atomic E-state index is -3.47. The minimum Gasteiger partial charge on any atom is -0.317 e. The molecule has 2 aliphatic rings. The third kappa shape index (κ3) is 2.94. The van der Waals surface area contributed by atoms with Crippen molar-refractivity contribution in [3.05, 3.63) is 16.0 Å². The van der Waals surface area contributed by atoms with E-state index in [0.29, 0.717) is 25.9 Å². The van der Waals surface area contributed by atoms with Crippen LogP contribution in [0.3, 0.4) is 0 Å². The van der Waals surface area contributed by atoms with E-state index in [2.05, 4.69) is 10.6 Å². The maximum Gasteiger partial charge on any atom is 0.246 e. The lowest BCUT2D eigenvalue weighted by Gasteiger charge is -2.34. The number of rotatable bonds is 3. The Kier molecular flexibility index (Phi) is 4.55. The molecule has 1 aliphatic carbocycles. The van der Waals surface area contributed by atoms with Crippen LogP contribution in [0.5, 0.6) is 0 Å². The van der Waals surface area contributed by atoms with Gasteiger partial charge in [-0.1, -0.05) is 0 Å². The van der Waals surface area contributed by atoms with Crippen molar-refractivity contribution < 1.29 is 13.2 Å². The van der Waals surface area contributed by atoms with Crippen molar-refractivity contribution >= 4 is 32.1 Å². The van der Waals surface area contributed by atoms with Crippen LogP contribution in [0.25, 0.3) is 0 Å². The SMILES string of the molecule is Cc1c(NC(=O)C2(S(C)(=O)=O)CCNCC2)sc2c1CCCC2. The van der Waals surface area contributed by atoms with Crippen LogP contribution in [0.2, 0.25) is 0 Å². The van der Waals surface area contributed by atoms with Crippen LogP contribution in [-0.2, 0) is 27.5 Å². The Balaban J connectivity index is 1.90. The largest absolute Gasteiger partial charge is 0.317 e. The van der Waals surface area contributed by atoms with Gasteiger partial charge in [-0.3, -0.25) is 4.79 Å². The number of carbonyl (C=O) groups excluding carboxylic acids is 1. The predicted octanol–water partition coefficient (Wildman–Crippen LogP) is 2.04. The molecule has 0 saturated carbocycles. The molecule has 7 heteroatoms. The molecule has 23 heavy (non-hydrogen) atoms. The molecule has 1 fully saturated rings. The first-order chi connectivity index (χ1) is 10.8. The van der Waals surface area contributed by atoms with E-state index >= 15 is 0 Å². The topological polar surface area (TPSA) is 75.3 Å². The lowest BCUT2D eigenvalue weighted by molar-refractivity contribution is -0.119. The average molecular weight is 357 g/mol. The molecule has 0 bridgehead atoms. The summed E-state index contributed by atoms with van der Waals surface area (Å²) in [5, 5.41) is 6.93. The maximum absolute atomic E-state index is 12.9. The number of hydrogen-bond donors (Lipinski definition) is 2. The maximum atomic E-state index is 12.9. The second kappa shape index (κ2) is 6.18. The molecule has 1 aliphatic heterocycles. The van der Waals surface area contributed by atoms with Crippen LogP contribution in [0.1, 0.15) is 41.7 Å². The van der Waals surface area contributed by atoms with Gasteiger partial charge in [0, 0.05) is 11.1 Å². The Hall–Kier alpha value is -0.920. The first-order valence-electron chi connectivity index (χ1n) is 8.18. The zero-order valence-electron chi connectivity index (χ0n) is 13.7. The molecule has 0 atom stereocenters. The lowest BCUT2D eigenvalue weighted by Crippen LogP contribution is -2.55. The van der Waals surface area contributed by atoms with Crippen molar-refractivity contribution in [2.24, 2.45) is 0 Å². The number of nitrogens with one attached hydrogen (secondary N) is 2. The zero-order chi connectivity index (χ0) is 16.7. The molecule has 1 aromatic rings. The lowest BCUT2D eigenvalue weighted by atomic mass is 9.95. The monoisotopic (exact) mass is 356 g/mol. The van der Waals surface area contributed by atoms with Gasteiger partial charge in [0.1, 0.15) is 0 Å². The summed E-state index contributed by atoms with van der Waals surface area (Å²) in [5.41, 5.74) is 2.48. The summed E-state index contributed by atoms with van der Waals surface area (Å²) in [6.45, 7) is 3.15. The normalized spacial score (nSPS) is 20.8. The number of sulfone groups is 1. The number of anilines is 1. The number of amides is 1. The second-order valence-corrected chi connectivity index (χ2v) is 10.1. The summed E-state index contributed by atoms with van der Waals surface area (Å²) in [4.78, 5) is 14.2. The summed E-state index contributed by atoms with van der Waals surface area (Å²) in [7, 11) is -3.47. The van der Waals surface area contributed by atoms with Crippen LogP contribution in [0, 0.1) is 6.92 Å². The van der Waals surface area contributed by atoms with Gasteiger partial charge in [0.2, 0.25) is 5.91 Å². The van der Waals surface area contributed by atoms with Gasteiger partial charge in [-0.25, -0.2) is 8.42 Å². The fraction of sp³-hybridized carbons (Fsp3) is 0.688. The minimum absolute atomic E-state index is 0.335. The molecular weight excluding hydrogens is 332 g/mol. The smallest absolute Gasteiger partial charge is 0.246 e. The van der Waals surface area contributed by atoms with E-state index in [1.165, 1.54) is 29.5 Å². The highest BCUT2D eigenvalue weighted by molar-refractivity contribution is 7.92. The Morgan fingerprint density at radius 3 is 2.48 bits per heavy atom. The Bertz CT molecular complexity index is 716. The van der Waals surface area contributed by atoms with Gasteiger partial charge in [0.15, 0.2) is 14.6 Å². The Morgan fingerprint density at radius 1 is 1.22 bits per heavy atom. The van der Waals surface area contributed by atoms with Gasteiger partial charge >= 0.3 is 0 Å². The summed E-state index contributed by atoms with van der Waals surface area (Å²) in [6.07, 6.45) is 6.37. The summed E-state index contributed by atoms with van der Waals surface area (Å²) in [5.74, 6) is -0.358. The molecule has 1 saturated heterocycles. The van der Waals surface area contributed by atoms with Crippen molar-refractivity contribution in [2.75, 3.05) is 24.7 Å². The molecule has 0 radical (unpaired) electrons. The van der Waals surface area contributed by atoms with Crippen molar-refractivity contribution in [1.29, 1.82) is 0 Å². The fourth-order valence-electron chi connectivity index (χ4n) is 3.66. The average Bonchev–Trinajstić information content (AvgIpc) is 2.83. The number of thiophene rings is 1. The molecular formula is C16H24N2O3S2. The van der Waals surface area contributed by atoms with Gasteiger partial charge in [0.25, 0.3) is 0 Å². The molecule has 5 nitrogen and oxygen atoms in total. The molecule has 1 amide bonds. The second-order valence-electron chi connectivity index (χ2n) is 6.64. The third-order valence-corrected chi connectivity index (χ3v) is 8.52. The number of carbonyl (C=O) groups is 1. The van der Waals surface area contributed by atoms with Gasteiger partial charge in [-0.15, -0.1) is 11.3 Å². The van der Waals surface area contributed by atoms with Crippen LogP contribution in [-0.4, -0.2) is 38.4 Å². The number of fused-ring (bicyclic) bond motifs is 1. The number of aryl methyl sites for hydroxylation is 1. The first kappa shape index (κ1) is 16.9. The van der Waals surface area contributed by atoms with Crippen LogP contribution < -0.4 is 10.6 Å². The van der Waals surface area contributed by atoms with Crippen molar-refractivity contribution in [1.82, 2.24) is 5.32 Å². The van der Waals surface area contributed by atoms with Gasteiger partial charge in [-0.05, 0) is 69.7 Å². The molecule has 2 heterocycles. The van der Waals surface area contributed by atoms with Gasteiger partial charge in [0.05, 0.1) is 5.00 Å². The van der Waals surface area contributed by atoms with Gasteiger partial charge in [-0.2, -0.15) is 0 Å². The highest BCUT2D eigenvalue weighted by Gasteiger charge is 2.48. The molecule has 2 N–H and O–H groups in total. The highest BCUT2D eigenvalue weighted by atomic mass is 32.2. The predicted molar refractivity (Wildman–Crippen MR) is 94.0 cm³/mol. The number of piperidine rings is 1. The molecule has 0 aromatic carbocycles. The van der Waals surface area contributed by atoms with Crippen molar-refractivity contribution in [3.8, 4) is 0 Å². The molecule has 1 aromatic heterocycles. The number of hydrogen-bond acceptors (Lipinski definition) is 5. The van der Waals surface area contributed by atoms with E-state index in [1.807, 2.05) is 6.92 Å². The molecule has 0 spiro atoms. The van der Waals surface area contributed by atoms with E-state index < -0.39 is 14.6 Å². The van der Waals surface area contributed by atoms with Crippen LogP contribution in [0.4, 0.5) is 5.00 Å². The van der Waals surface area contributed by atoms with Crippen molar-refractivity contribution in [3.63, 3.8) is 0 Å². The molecule has 0 unspecified atom stereocenters. The van der Waals surface area contributed by atoms with E-state index in [9.17, 15) is 13.2 Å². The van der Waals surface area contributed by atoms with E-state index in [4.69, 9.17) is 0 Å². The standard InChI is InChI=1S/C16H24N2O3S2/c1-11-12-5-3-4-6-13(12)22-14(11)18-15(19)16(23(2,20)21)7-9-17-10-8-16/h17H,3-10H2,1-2H3,(H,18,19). The summed E-state index contributed by atoms with van der Waals surface area (Å²) < 4.78 is 23.4. The van der Waals surface area contributed by atoms with Gasteiger partial charge < -0.3 is 10.6 Å². The first-order valence-corrected chi connectivity index (χ1v) is 10.9. The van der Waals surface area contributed by atoms with Crippen LogP contribution in [0.15, 0.2) is 0 Å². The quantitative estimate of drug-likeness (QED) is 0.869. The van der Waals surface area contributed by atoms with E-state index in [-0.39, 0.29) is 5.91 Å². The molecule has 128 valence electrons. The molecule has 3 rings (SSSR count). The highest BCUT2D eigenvalue weighted by Crippen LogP contribution is 2.39.